The van der Waals surface area contributed by atoms with Gasteiger partial charge < -0.3 is 19.2 Å². The van der Waals surface area contributed by atoms with Crippen molar-refractivity contribution in [2.45, 2.75) is 43.7 Å². The van der Waals surface area contributed by atoms with Crippen molar-refractivity contribution in [3.63, 3.8) is 0 Å². The first-order chi connectivity index (χ1) is 9.36. The minimum Gasteiger partial charge on any atom is -0.469 e. The monoisotopic (exact) mass is 265 g/mol. The van der Waals surface area contributed by atoms with Crippen LogP contribution in [0.2, 0.25) is 0 Å². The average Bonchev–Trinajstić information content (AvgIpc) is 2.93. The van der Waals surface area contributed by atoms with Crippen LogP contribution in [0.5, 0.6) is 0 Å². The molecule has 0 aromatic carbocycles. The summed E-state index contributed by atoms with van der Waals surface area (Å²) in [6.07, 6.45) is 7.02. The largest absolute Gasteiger partial charge is 0.469 e. The third-order valence-electron chi connectivity index (χ3n) is 4.28. The second-order valence-corrected chi connectivity index (χ2v) is 5.62. The van der Waals surface area contributed by atoms with E-state index >= 15 is 0 Å². The normalized spacial score (nSPS) is 26.6. The van der Waals surface area contributed by atoms with Gasteiger partial charge in [-0.25, -0.2) is 0 Å². The molecule has 1 unspecified atom stereocenters. The topological polar surface area (TPSA) is 43.6 Å². The molecule has 19 heavy (non-hydrogen) atoms. The molecular formula is C15H23NO3. The highest BCUT2D eigenvalue weighted by molar-refractivity contribution is 4.99. The molecule has 106 valence electrons. The van der Waals surface area contributed by atoms with Gasteiger partial charge in [-0.05, 0) is 37.8 Å². The summed E-state index contributed by atoms with van der Waals surface area (Å²) in [7, 11) is 0. The van der Waals surface area contributed by atoms with Gasteiger partial charge in [0.15, 0.2) is 0 Å². The van der Waals surface area contributed by atoms with Crippen molar-refractivity contribution in [1.29, 1.82) is 0 Å². The summed E-state index contributed by atoms with van der Waals surface area (Å²) in [5.41, 5.74) is 0.0822. The first-order valence-electron chi connectivity index (χ1n) is 7.34. The maximum atomic E-state index is 6.05. The van der Waals surface area contributed by atoms with Crippen molar-refractivity contribution in [3.8, 4) is 0 Å². The highest BCUT2D eigenvalue weighted by atomic mass is 16.5. The average molecular weight is 265 g/mol. The van der Waals surface area contributed by atoms with Crippen LogP contribution in [0.1, 0.15) is 31.4 Å². The summed E-state index contributed by atoms with van der Waals surface area (Å²) in [6.45, 7) is 3.54. The van der Waals surface area contributed by atoms with E-state index in [1.54, 1.807) is 6.26 Å². The number of hydrogen-bond acceptors (Lipinski definition) is 4. The fourth-order valence-corrected chi connectivity index (χ4v) is 3.15. The lowest BCUT2D eigenvalue weighted by molar-refractivity contribution is -0.140. The maximum Gasteiger partial charge on any atom is 0.105 e. The molecule has 0 bridgehead atoms. The van der Waals surface area contributed by atoms with Crippen molar-refractivity contribution in [1.82, 2.24) is 5.32 Å². The van der Waals surface area contributed by atoms with E-state index in [-0.39, 0.29) is 5.60 Å². The van der Waals surface area contributed by atoms with E-state index in [1.165, 1.54) is 0 Å². The van der Waals surface area contributed by atoms with Crippen LogP contribution in [-0.2, 0) is 15.9 Å². The number of nitrogens with one attached hydrogen (secondary N) is 1. The zero-order chi connectivity index (χ0) is 13.0. The van der Waals surface area contributed by atoms with Gasteiger partial charge in [0.25, 0.3) is 0 Å². The Bertz CT molecular complexity index is 365. The van der Waals surface area contributed by atoms with E-state index in [9.17, 15) is 0 Å². The molecule has 1 N–H and O–H groups in total. The molecule has 2 aliphatic heterocycles. The number of furan rings is 1. The molecule has 2 fully saturated rings. The predicted octanol–water partition coefficient (Wildman–Crippen LogP) is 2.14. The lowest BCUT2D eigenvalue weighted by atomic mass is 9.84. The number of ether oxygens (including phenoxy) is 2. The van der Waals surface area contributed by atoms with Gasteiger partial charge in [-0.15, -0.1) is 0 Å². The van der Waals surface area contributed by atoms with Crippen LogP contribution in [0.4, 0.5) is 0 Å². The van der Waals surface area contributed by atoms with Crippen LogP contribution in [0.15, 0.2) is 22.8 Å². The van der Waals surface area contributed by atoms with Crippen molar-refractivity contribution in [2.24, 2.45) is 0 Å². The molecule has 4 heteroatoms. The fourth-order valence-electron chi connectivity index (χ4n) is 3.15. The minimum absolute atomic E-state index is 0.0822. The molecule has 0 saturated carbocycles. The van der Waals surface area contributed by atoms with Crippen LogP contribution in [0.3, 0.4) is 0 Å². The summed E-state index contributed by atoms with van der Waals surface area (Å²) < 4.78 is 16.9. The van der Waals surface area contributed by atoms with E-state index in [1.807, 2.05) is 12.1 Å². The van der Waals surface area contributed by atoms with E-state index in [0.29, 0.717) is 6.04 Å². The van der Waals surface area contributed by atoms with E-state index in [0.717, 1.165) is 64.2 Å². The lowest BCUT2D eigenvalue weighted by Gasteiger charge is -2.43. The molecule has 3 heterocycles. The van der Waals surface area contributed by atoms with Crippen molar-refractivity contribution >= 4 is 0 Å². The summed E-state index contributed by atoms with van der Waals surface area (Å²) in [5, 5.41) is 3.65. The molecule has 1 spiro atoms. The molecule has 3 rings (SSSR count). The molecule has 0 radical (unpaired) electrons. The van der Waals surface area contributed by atoms with Gasteiger partial charge >= 0.3 is 0 Å². The minimum atomic E-state index is 0.0822. The summed E-state index contributed by atoms with van der Waals surface area (Å²) in [6, 6.07) is 4.55. The SMILES string of the molecule is c1coc(CCNC2CCOC3(CCOCC3)C2)c1. The maximum absolute atomic E-state index is 6.05. The Hall–Kier alpha value is -0.840. The molecule has 0 aliphatic carbocycles. The zero-order valence-electron chi connectivity index (χ0n) is 11.4. The molecule has 1 aromatic rings. The third-order valence-corrected chi connectivity index (χ3v) is 4.28. The number of rotatable bonds is 4. The van der Waals surface area contributed by atoms with Crippen LogP contribution in [-0.4, -0.2) is 38.0 Å². The van der Waals surface area contributed by atoms with Crippen molar-refractivity contribution in [3.05, 3.63) is 24.2 Å². The molecular weight excluding hydrogens is 242 g/mol. The Kier molecular flexibility index (Phi) is 4.21. The molecule has 1 aromatic heterocycles. The molecule has 4 nitrogen and oxygen atoms in total. The first kappa shape index (κ1) is 13.2. The van der Waals surface area contributed by atoms with E-state index in [4.69, 9.17) is 13.9 Å². The number of hydrogen-bond donors (Lipinski definition) is 1. The summed E-state index contributed by atoms with van der Waals surface area (Å²) >= 11 is 0. The molecule has 2 aliphatic rings. The summed E-state index contributed by atoms with van der Waals surface area (Å²) in [5.74, 6) is 1.06. The Morgan fingerprint density at radius 2 is 2.16 bits per heavy atom. The quantitative estimate of drug-likeness (QED) is 0.906. The van der Waals surface area contributed by atoms with Gasteiger partial charge in [0.05, 0.1) is 11.9 Å². The standard InChI is InChI=1S/C15H23NO3/c1-2-14(18-8-1)3-7-16-13-4-9-19-15(12-13)5-10-17-11-6-15/h1-2,8,13,16H,3-7,9-12H2. The molecule has 0 amide bonds. The third kappa shape index (κ3) is 3.38. The smallest absolute Gasteiger partial charge is 0.105 e. The highest BCUT2D eigenvalue weighted by Gasteiger charge is 2.38. The predicted molar refractivity (Wildman–Crippen MR) is 72.2 cm³/mol. The van der Waals surface area contributed by atoms with Gasteiger partial charge in [-0.2, -0.15) is 0 Å². The Morgan fingerprint density at radius 3 is 2.95 bits per heavy atom. The van der Waals surface area contributed by atoms with Gasteiger partial charge in [-0.1, -0.05) is 0 Å². The van der Waals surface area contributed by atoms with E-state index in [2.05, 4.69) is 5.32 Å². The van der Waals surface area contributed by atoms with Crippen LogP contribution in [0.25, 0.3) is 0 Å². The van der Waals surface area contributed by atoms with Crippen LogP contribution >= 0.6 is 0 Å². The first-order valence-corrected chi connectivity index (χ1v) is 7.34. The molecule has 1 atom stereocenters. The Labute approximate surface area is 114 Å². The molecule has 2 saturated heterocycles. The second kappa shape index (κ2) is 6.07. The second-order valence-electron chi connectivity index (χ2n) is 5.62. The zero-order valence-corrected chi connectivity index (χ0v) is 11.4. The van der Waals surface area contributed by atoms with Gasteiger partial charge in [-0.3, -0.25) is 0 Å². The van der Waals surface area contributed by atoms with Crippen molar-refractivity contribution in [2.75, 3.05) is 26.4 Å². The van der Waals surface area contributed by atoms with E-state index < -0.39 is 0 Å². The Balaban J connectivity index is 1.45. The van der Waals surface area contributed by atoms with Crippen molar-refractivity contribution < 1.29 is 13.9 Å². The van der Waals surface area contributed by atoms with Gasteiger partial charge in [0, 0.05) is 38.8 Å². The van der Waals surface area contributed by atoms with Gasteiger partial charge in [0.1, 0.15) is 5.76 Å². The van der Waals surface area contributed by atoms with Crippen LogP contribution < -0.4 is 5.32 Å². The summed E-state index contributed by atoms with van der Waals surface area (Å²) in [4.78, 5) is 0. The highest BCUT2D eigenvalue weighted by Crippen LogP contribution is 2.34. The van der Waals surface area contributed by atoms with Gasteiger partial charge in [0.2, 0.25) is 0 Å². The Morgan fingerprint density at radius 1 is 1.26 bits per heavy atom. The van der Waals surface area contributed by atoms with Crippen LogP contribution in [0, 0.1) is 0 Å². The fraction of sp³-hybridized carbons (Fsp3) is 0.733. The lowest BCUT2D eigenvalue weighted by Crippen LogP contribution is -2.50.